The molecule has 1 N–H and O–H groups in total. The molecule has 138 valence electrons. The van der Waals surface area contributed by atoms with Gasteiger partial charge < -0.3 is 4.74 Å². The van der Waals surface area contributed by atoms with E-state index >= 15 is 0 Å². The third kappa shape index (κ3) is 8.15. The van der Waals surface area contributed by atoms with Crippen LogP contribution in [0.1, 0.15) is 54.4 Å². The number of halogens is 3. The van der Waals surface area contributed by atoms with Crippen LogP contribution in [0.25, 0.3) is 0 Å². The lowest BCUT2D eigenvalue weighted by Crippen LogP contribution is -2.53. The minimum absolute atomic E-state index is 0.00937. The van der Waals surface area contributed by atoms with Gasteiger partial charge >= 0.3 is 12.1 Å². The Labute approximate surface area is 139 Å². The molecule has 0 aromatic carbocycles. The van der Waals surface area contributed by atoms with Crippen LogP contribution in [-0.4, -0.2) is 33.8 Å². The number of carbonyl (C=O) groups is 1. The summed E-state index contributed by atoms with van der Waals surface area (Å²) in [4.78, 5) is 12.1. The van der Waals surface area contributed by atoms with Gasteiger partial charge in [-0.3, -0.25) is 4.79 Å². The molecule has 0 aliphatic carbocycles. The van der Waals surface area contributed by atoms with Gasteiger partial charge in [-0.05, 0) is 33.1 Å². The van der Waals surface area contributed by atoms with E-state index in [1.165, 1.54) is 0 Å². The molecule has 0 saturated carbocycles. The summed E-state index contributed by atoms with van der Waals surface area (Å²) in [5.41, 5.74) is 0. The van der Waals surface area contributed by atoms with Crippen LogP contribution in [0.2, 0.25) is 0 Å². The van der Waals surface area contributed by atoms with Crippen molar-refractivity contribution in [3.63, 3.8) is 0 Å². The van der Waals surface area contributed by atoms with Crippen molar-refractivity contribution in [3.8, 4) is 0 Å². The Balaban J connectivity index is 5.35. The Morgan fingerprint density at radius 2 is 1.74 bits per heavy atom. The van der Waals surface area contributed by atoms with Crippen molar-refractivity contribution in [2.24, 2.45) is 11.8 Å². The summed E-state index contributed by atoms with van der Waals surface area (Å²) in [7, 11) is -1.95. The Morgan fingerprint density at radius 1 is 1.22 bits per heavy atom. The van der Waals surface area contributed by atoms with E-state index in [0.29, 0.717) is 6.42 Å². The van der Waals surface area contributed by atoms with E-state index in [1.807, 2.05) is 0 Å². The van der Waals surface area contributed by atoms with Gasteiger partial charge in [0.1, 0.15) is 6.04 Å². The number of carbonyl (C=O) groups excluding carboxylic acids is 1. The van der Waals surface area contributed by atoms with Crippen molar-refractivity contribution in [1.82, 2.24) is 4.72 Å². The topological polar surface area (TPSA) is 55.4 Å². The molecule has 0 aliphatic heterocycles. The highest BCUT2D eigenvalue weighted by atomic mass is 32.2. The first kappa shape index (κ1) is 22.4. The molecule has 0 unspecified atom stereocenters. The third-order valence-corrected chi connectivity index (χ3v) is 4.59. The molecule has 23 heavy (non-hydrogen) atoms. The second-order valence-corrected chi connectivity index (χ2v) is 8.94. The molecule has 0 bridgehead atoms. The molecule has 0 aliphatic rings. The van der Waals surface area contributed by atoms with Crippen LogP contribution in [0.5, 0.6) is 0 Å². The van der Waals surface area contributed by atoms with Gasteiger partial charge in [-0.1, -0.05) is 27.2 Å². The van der Waals surface area contributed by atoms with Crippen molar-refractivity contribution in [2.45, 2.75) is 71.3 Å². The Hall–Kier alpha value is -0.630. The lowest BCUT2D eigenvalue weighted by Gasteiger charge is -2.30. The minimum atomic E-state index is -4.70. The molecule has 0 aromatic rings. The summed E-state index contributed by atoms with van der Waals surface area (Å²) in [5.74, 6) is -2.28. The Bertz CT molecular complexity index is 406. The fourth-order valence-corrected chi connectivity index (χ4v) is 2.64. The van der Waals surface area contributed by atoms with E-state index in [1.54, 1.807) is 41.5 Å². The molecular weight excluding hydrogens is 331 g/mol. The zero-order chi connectivity index (χ0) is 18.4. The lowest BCUT2D eigenvalue weighted by molar-refractivity contribution is -0.180. The number of hydrogen-bond donors (Lipinski definition) is 1. The number of ether oxygens (including phenoxy) is 1. The van der Waals surface area contributed by atoms with Crippen LogP contribution in [0.15, 0.2) is 0 Å². The summed E-state index contributed by atoms with van der Waals surface area (Å²) in [6.07, 6.45) is -4.30. The van der Waals surface area contributed by atoms with Gasteiger partial charge in [0.25, 0.3) is 0 Å². The van der Waals surface area contributed by atoms with Crippen molar-refractivity contribution in [3.05, 3.63) is 0 Å². The average Bonchev–Trinajstić information content (AvgIpc) is 2.37. The molecule has 0 fully saturated rings. The van der Waals surface area contributed by atoms with Crippen molar-refractivity contribution >= 4 is 17.0 Å². The second-order valence-electron chi connectivity index (χ2n) is 6.94. The van der Waals surface area contributed by atoms with Crippen LogP contribution in [0.4, 0.5) is 13.2 Å². The Kier molecular flexibility index (Phi) is 8.76. The highest BCUT2D eigenvalue weighted by Crippen LogP contribution is 2.30. The van der Waals surface area contributed by atoms with E-state index in [2.05, 4.69) is 4.72 Å². The number of alkyl halides is 3. The monoisotopic (exact) mass is 359 g/mol. The fraction of sp³-hybridized carbons (Fsp3) is 0.933. The smallest absolute Gasteiger partial charge is 0.405 e. The van der Waals surface area contributed by atoms with Gasteiger partial charge in [-0.2, -0.15) is 13.2 Å². The molecule has 0 saturated heterocycles. The predicted octanol–water partition coefficient (Wildman–Crippen LogP) is 3.58. The van der Waals surface area contributed by atoms with Crippen molar-refractivity contribution in [2.75, 3.05) is 6.61 Å². The second kappa shape index (κ2) is 9.01. The van der Waals surface area contributed by atoms with Crippen molar-refractivity contribution in [1.29, 1.82) is 0 Å². The molecule has 0 aromatic heterocycles. The molecule has 4 nitrogen and oxygen atoms in total. The van der Waals surface area contributed by atoms with Crippen LogP contribution >= 0.6 is 0 Å². The van der Waals surface area contributed by atoms with Gasteiger partial charge in [0, 0.05) is 0 Å². The van der Waals surface area contributed by atoms with Gasteiger partial charge in [-0.15, -0.1) is 0 Å². The highest BCUT2D eigenvalue weighted by molar-refractivity contribution is 7.84. The van der Waals surface area contributed by atoms with Crippen LogP contribution in [0, 0.1) is 11.8 Å². The van der Waals surface area contributed by atoms with Gasteiger partial charge in [0.15, 0.2) is 0 Å². The van der Waals surface area contributed by atoms with Crippen LogP contribution in [-0.2, 0) is 20.5 Å². The number of rotatable bonds is 8. The molecule has 0 spiro atoms. The third-order valence-electron chi connectivity index (χ3n) is 3.01. The zero-order valence-electron chi connectivity index (χ0n) is 14.6. The summed E-state index contributed by atoms with van der Waals surface area (Å²) in [6, 6.07) is -2.19. The normalized spacial score (nSPS) is 17.0. The van der Waals surface area contributed by atoms with E-state index in [-0.39, 0.29) is 18.9 Å². The number of nitrogens with one attached hydrogen (secondary N) is 1. The maximum Gasteiger partial charge on any atom is 0.405 e. The van der Waals surface area contributed by atoms with Gasteiger partial charge in [-0.25, -0.2) is 8.93 Å². The molecule has 3 atom stereocenters. The number of hydrogen-bond acceptors (Lipinski definition) is 3. The maximum atomic E-state index is 13.4. The summed E-state index contributed by atoms with van der Waals surface area (Å²) in [6.45, 7) is 10.1. The summed E-state index contributed by atoms with van der Waals surface area (Å²) in [5, 5.41) is 0. The van der Waals surface area contributed by atoms with Crippen molar-refractivity contribution < 1.29 is 26.9 Å². The maximum absolute atomic E-state index is 13.4. The first-order valence-electron chi connectivity index (χ1n) is 7.72. The zero-order valence-corrected chi connectivity index (χ0v) is 15.4. The van der Waals surface area contributed by atoms with E-state index in [4.69, 9.17) is 4.74 Å². The van der Waals surface area contributed by atoms with E-state index in [0.717, 1.165) is 0 Å². The number of esters is 1. The first-order valence-corrected chi connectivity index (χ1v) is 8.87. The van der Waals surface area contributed by atoms with Gasteiger partial charge in [0.2, 0.25) is 0 Å². The van der Waals surface area contributed by atoms with Crippen LogP contribution in [0.3, 0.4) is 0 Å². The molecule has 8 heteroatoms. The molecule has 0 heterocycles. The predicted molar refractivity (Wildman–Crippen MR) is 85.1 cm³/mol. The highest BCUT2D eigenvalue weighted by Gasteiger charge is 2.49. The van der Waals surface area contributed by atoms with Gasteiger partial charge in [0.05, 0.1) is 28.3 Å². The lowest BCUT2D eigenvalue weighted by atomic mass is 9.95. The largest absolute Gasteiger partial charge is 0.465 e. The Morgan fingerprint density at radius 3 is 2.09 bits per heavy atom. The standard InChI is InChI=1S/C15H28F3NO3S/c1-7-8-11(13(20)22-9-10(2)3)12(15(16,17)18)19-23(21)14(4,5)6/h10-12,19H,7-9H2,1-6H3/t11-,12-,23-/m0/s1. The average molecular weight is 359 g/mol. The minimum Gasteiger partial charge on any atom is -0.465 e. The SMILES string of the molecule is CCC[C@H](C(=O)OCC(C)C)[C@H](N[S@@](=O)C(C)(C)C)C(F)(F)F. The van der Waals surface area contributed by atoms with E-state index < -0.39 is 39.8 Å². The summed E-state index contributed by atoms with van der Waals surface area (Å²) >= 11 is 0. The quantitative estimate of drug-likeness (QED) is 0.674. The van der Waals surface area contributed by atoms with E-state index in [9.17, 15) is 22.2 Å². The first-order chi connectivity index (χ1) is 10.3. The molecule has 0 rings (SSSR count). The van der Waals surface area contributed by atoms with Crippen LogP contribution < -0.4 is 4.72 Å². The summed E-state index contributed by atoms with van der Waals surface area (Å²) < 4.78 is 58.5. The molecule has 0 amide bonds. The molecule has 0 radical (unpaired) electrons. The fourth-order valence-electron chi connectivity index (χ4n) is 1.76. The molecular formula is C15H28F3NO3S.